The molecule has 0 bridgehead atoms. The second-order valence-corrected chi connectivity index (χ2v) is 8.26. The maximum absolute atomic E-state index is 12.4. The molecule has 11 nitrogen and oxygen atoms in total. The van der Waals surface area contributed by atoms with Crippen molar-refractivity contribution in [1.29, 1.82) is 0 Å². The van der Waals surface area contributed by atoms with Crippen molar-refractivity contribution in [2.45, 2.75) is 51.7 Å². The molecule has 3 aromatic heterocycles. The number of anilines is 1. The summed E-state index contributed by atoms with van der Waals surface area (Å²) in [6, 6.07) is -0.446. The summed E-state index contributed by atoms with van der Waals surface area (Å²) in [6.07, 6.45) is 7.29. The fourth-order valence-corrected chi connectivity index (χ4v) is 3.96. The number of nitrogens with one attached hydrogen (secondary N) is 3. The Labute approximate surface area is 184 Å². The Hall–Kier alpha value is -3.47. The van der Waals surface area contributed by atoms with E-state index in [1.54, 1.807) is 12.4 Å². The molecule has 2 fully saturated rings. The number of hydrogen-bond donors (Lipinski definition) is 3. The van der Waals surface area contributed by atoms with E-state index >= 15 is 0 Å². The summed E-state index contributed by atoms with van der Waals surface area (Å²) in [5, 5.41) is 9.10. The molecule has 2 atom stereocenters. The van der Waals surface area contributed by atoms with Gasteiger partial charge in [0.05, 0.1) is 11.6 Å². The molecule has 5 rings (SSSR count). The van der Waals surface area contributed by atoms with Gasteiger partial charge in [-0.2, -0.15) is 0 Å². The van der Waals surface area contributed by atoms with Gasteiger partial charge in [0.25, 0.3) is 0 Å². The molecular weight excluding hydrogens is 410 g/mol. The lowest BCUT2D eigenvalue weighted by atomic mass is 10.1. The highest BCUT2D eigenvalue weighted by Gasteiger charge is 2.35. The summed E-state index contributed by atoms with van der Waals surface area (Å²) in [5.74, 6) is 1.61. The van der Waals surface area contributed by atoms with E-state index in [9.17, 15) is 9.59 Å². The van der Waals surface area contributed by atoms with Gasteiger partial charge < -0.3 is 15.2 Å². The van der Waals surface area contributed by atoms with Crippen molar-refractivity contribution in [3.8, 4) is 11.4 Å². The van der Waals surface area contributed by atoms with Crippen LogP contribution in [0.5, 0.6) is 0 Å². The SMILES string of the molecule is CCn1c(-c2cnc(C)nc2)nc2c(NC3CN[C@@H](C(=O)NC(=O)C4CC4)C3)ncnc21. The number of fused-ring (bicyclic) bond motifs is 1. The normalized spacial score (nSPS) is 20.4. The molecule has 2 aliphatic rings. The van der Waals surface area contributed by atoms with Crippen LogP contribution in [0.3, 0.4) is 0 Å². The molecule has 1 saturated heterocycles. The van der Waals surface area contributed by atoms with E-state index in [-0.39, 0.29) is 23.8 Å². The molecule has 1 aliphatic carbocycles. The van der Waals surface area contributed by atoms with Crippen molar-refractivity contribution < 1.29 is 9.59 Å². The fourth-order valence-electron chi connectivity index (χ4n) is 3.96. The van der Waals surface area contributed by atoms with Crippen LogP contribution in [-0.4, -0.2) is 59.9 Å². The van der Waals surface area contributed by atoms with E-state index in [2.05, 4.69) is 35.9 Å². The van der Waals surface area contributed by atoms with Gasteiger partial charge in [0.15, 0.2) is 17.0 Å². The number of imide groups is 1. The monoisotopic (exact) mass is 435 g/mol. The summed E-state index contributed by atoms with van der Waals surface area (Å²) in [5.41, 5.74) is 2.18. The van der Waals surface area contributed by atoms with Crippen LogP contribution in [-0.2, 0) is 16.1 Å². The number of nitrogens with zero attached hydrogens (tertiary/aromatic N) is 6. The summed E-state index contributed by atoms with van der Waals surface area (Å²) >= 11 is 0. The number of imidazole rings is 1. The number of hydrogen-bond acceptors (Lipinski definition) is 9. The van der Waals surface area contributed by atoms with Gasteiger partial charge in [-0.25, -0.2) is 24.9 Å². The molecule has 2 amide bonds. The Morgan fingerprint density at radius 2 is 1.94 bits per heavy atom. The molecule has 3 aromatic rings. The number of aryl methyl sites for hydroxylation is 2. The number of aromatic nitrogens is 6. The lowest BCUT2D eigenvalue weighted by Crippen LogP contribution is -2.43. The standard InChI is InChI=1S/C21H25N9O2/c1-3-30-18(13-7-22-11(2)23-8-13)28-16-17(25-10-26-19(16)30)27-14-6-15(24-9-14)21(32)29-20(31)12-4-5-12/h7-8,10,12,14-15,24H,3-6,9H2,1-2H3,(H,25,26,27)(H,29,31,32)/t14?,15-/m1/s1. The first kappa shape index (κ1) is 20.4. The summed E-state index contributed by atoms with van der Waals surface area (Å²) in [7, 11) is 0. The Balaban J connectivity index is 1.35. The maximum atomic E-state index is 12.4. The molecule has 1 unspecified atom stereocenters. The summed E-state index contributed by atoms with van der Waals surface area (Å²) < 4.78 is 2.00. The lowest BCUT2D eigenvalue weighted by Gasteiger charge is -2.13. The van der Waals surface area contributed by atoms with E-state index in [0.29, 0.717) is 36.7 Å². The summed E-state index contributed by atoms with van der Waals surface area (Å²) in [4.78, 5) is 46.5. The van der Waals surface area contributed by atoms with Gasteiger partial charge in [-0.3, -0.25) is 14.9 Å². The Bertz CT molecular complexity index is 1170. The highest BCUT2D eigenvalue weighted by Crippen LogP contribution is 2.29. The molecule has 11 heteroatoms. The van der Waals surface area contributed by atoms with Gasteiger partial charge in [0.2, 0.25) is 11.8 Å². The average Bonchev–Trinajstić information content (AvgIpc) is 3.42. The van der Waals surface area contributed by atoms with Crippen LogP contribution in [0.1, 0.15) is 32.0 Å². The maximum Gasteiger partial charge on any atom is 0.243 e. The molecule has 0 aromatic carbocycles. The first-order valence-electron chi connectivity index (χ1n) is 10.9. The minimum absolute atomic E-state index is 0.00498. The predicted octanol–water partition coefficient (Wildman–Crippen LogP) is 0.807. The van der Waals surface area contributed by atoms with Crippen LogP contribution in [0.4, 0.5) is 5.82 Å². The number of rotatable bonds is 6. The Kier molecular flexibility index (Phi) is 5.25. The van der Waals surface area contributed by atoms with E-state index in [1.165, 1.54) is 6.33 Å². The Morgan fingerprint density at radius 3 is 2.66 bits per heavy atom. The van der Waals surface area contributed by atoms with Crippen LogP contribution in [0.25, 0.3) is 22.6 Å². The zero-order valence-corrected chi connectivity index (χ0v) is 18.0. The van der Waals surface area contributed by atoms with Crippen LogP contribution in [0.2, 0.25) is 0 Å². The van der Waals surface area contributed by atoms with Crippen molar-refractivity contribution in [2.24, 2.45) is 5.92 Å². The largest absolute Gasteiger partial charge is 0.364 e. The third kappa shape index (κ3) is 3.91. The number of carbonyl (C=O) groups is 2. The fraction of sp³-hybridized carbons (Fsp3) is 0.476. The third-order valence-corrected chi connectivity index (χ3v) is 5.87. The highest BCUT2D eigenvalue weighted by molar-refractivity contribution is 5.99. The second-order valence-electron chi connectivity index (χ2n) is 8.26. The summed E-state index contributed by atoms with van der Waals surface area (Å²) in [6.45, 7) is 5.12. The molecule has 0 radical (unpaired) electrons. The molecule has 166 valence electrons. The quantitative estimate of drug-likeness (QED) is 0.480. The smallest absolute Gasteiger partial charge is 0.243 e. The molecule has 4 heterocycles. The van der Waals surface area contributed by atoms with E-state index in [4.69, 9.17) is 4.98 Å². The van der Waals surface area contributed by atoms with Crippen LogP contribution in [0.15, 0.2) is 18.7 Å². The second kappa shape index (κ2) is 8.23. The minimum Gasteiger partial charge on any atom is -0.364 e. The van der Waals surface area contributed by atoms with Crippen LogP contribution in [0, 0.1) is 12.8 Å². The molecule has 0 spiro atoms. The van der Waals surface area contributed by atoms with Crippen LogP contribution >= 0.6 is 0 Å². The van der Waals surface area contributed by atoms with Crippen molar-refractivity contribution in [1.82, 2.24) is 40.1 Å². The molecule has 1 saturated carbocycles. The first-order valence-corrected chi connectivity index (χ1v) is 10.9. The van der Waals surface area contributed by atoms with Gasteiger partial charge in [0.1, 0.15) is 18.0 Å². The Morgan fingerprint density at radius 1 is 1.16 bits per heavy atom. The number of carbonyl (C=O) groups excluding carboxylic acids is 2. The molecule has 32 heavy (non-hydrogen) atoms. The van der Waals surface area contributed by atoms with Gasteiger partial charge in [-0.1, -0.05) is 0 Å². The predicted molar refractivity (Wildman–Crippen MR) is 116 cm³/mol. The first-order chi connectivity index (χ1) is 15.5. The van der Waals surface area contributed by atoms with Gasteiger partial charge in [-0.15, -0.1) is 0 Å². The molecular formula is C21H25N9O2. The molecule has 1 aliphatic heterocycles. The minimum atomic E-state index is -0.416. The van der Waals surface area contributed by atoms with Gasteiger partial charge in [0, 0.05) is 37.4 Å². The lowest BCUT2D eigenvalue weighted by molar-refractivity contribution is -0.132. The van der Waals surface area contributed by atoms with E-state index < -0.39 is 6.04 Å². The van der Waals surface area contributed by atoms with Crippen LogP contribution < -0.4 is 16.0 Å². The van der Waals surface area contributed by atoms with E-state index in [1.807, 2.05) is 18.4 Å². The van der Waals surface area contributed by atoms with Crippen molar-refractivity contribution in [3.63, 3.8) is 0 Å². The zero-order chi connectivity index (χ0) is 22.2. The van der Waals surface area contributed by atoms with E-state index in [0.717, 1.165) is 29.9 Å². The topological polar surface area (TPSA) is 140 Å². The van der Waals surface area contributed by atoms with Gasteiger partial charge >= 0.3 is 0 Å². The van der Waals surface area contributed by atoms with Crippen molar-refractivity contribution >= 4 is 28.8 Å². The van der Waals surface area contributed by atoms with Gasteiger partial charge in [-0.05, 0) is 33.1 Å². The number of amides is 2. The molecule has 3 N–H and O–H groups in total. The van der Waals surface area contributed by atoms with Crippen molar-refractivity contribution in [3.05, 3.63) is 24.5 Å². The third-order valence-electron chi connectivity index (χ3n) is 5.87. The average molecular weight is 435 g/mol. The van der Waals surface area contributed by atoms with Crippen molar-refractivity contribution in [2.75, 3.05) is 11.9 Å². The zero-order valence-electron chi connectivity index (χ0n) is 18.0. The highest BCUT2D eigenvalue weighted by atomic mass is 16.2.